The molecule has 2 saturated heterocycles. The molecule has 2 aliphatic rings. The van der Waals surface area contributed by atoms with Crippen LogP contribution in [0.5, 0.6) is 0 Å². The number of aliphatic hydroxyl groups is 8. The molecule has 0 spiro atoms. The fourth-order valence-corrected chi connectivity index (χ4v) is 2.89. The first kappa shape index (κ1) is 22.8. The van der Waals surface area contributed by atoms with Crippen molar-refractivity contribution in [3.63, 3.8) is 0 Å². The molecule has 0 bridgehead atoms. The lowest BCUT2D eigenvalue weighted by Crippen LogP contribution is -2.64. The summed E-state index contributed by atoms with van der Waals surface area (Å²) in [5, 5.41) is 77.8. The monoisotopic (exact) mass is 400 g/mol. The molecule has 0 amide bonds. The summed E-state index contributed by atoms with van der Waals surface area (Å²) in [5.41, 5.74) is 0. The summed E-state index contributed by atoms with van der Waals surface area (Å²) in [5.74, 6) is 0. The molecule has 0 unspecified atom stereocenters. The third-order valence-corrected chi connectivity index (χ3v) is 4.59. The van der Waals surface area contributed by atoms with Crippen LogP contribution in [0.1, 0.15) is 6.92 Å². The summed E-state index contributed by atoms with van der Waals surface area (Å²) >= 11 is 0. The van der Waals surface area contributed by atoms with Crippen molar-refractivity contribution >= 4 is 0 Å². The summed E-state index contributed by atoms with van der Waals surface area (Å²) in [4.78, 5) is 0. The second kappa shape index (κ2) is 9.82. The van der Waals surface area contributed by atoms with E-state index in [2.05, 4.69) is 0 Å². The van der Waals surface area contributed by atoms with Gasteiger partial charge in [0, 0.05) is 0 Å². The van der Waals surface area contributed by atoms with E-state index in [0.717, 1.165) is 0 Å². The average molecular weight is 400 g/mol. The molecule has 2 heterocycles. The summed E-state index contributed by atoms with van der Waals surface area (Å²) in [6, 6.07) is 0. The maximum Gasteiger partial charge on any atom is 0.187 e. The van der Waals surface area contributed by atoms with E-state index in [9.17, 15) is 35.7 Å². The standard InChI is InChI=1S/C15H28O12/c1-5-8(19)10(21)11(22)15(25-5)27-13-9(20)7(3-17)26-14(12(13)23)24-4-6(18)2-16/h5-23H,2-4H2,1H3/t5-,6-,7+,8-,9+,10+,11+,12-,13-,14-,15-/m0/s1. The van der Waals surface area contributed by atoms with Gasteiger partial charge in [-0.05, 0) is 6.92 Å². The second-order valence-electron chi connectivity index (χ2n) is 6.66. The second-order valence-corrected chi connectivity index (χ2v) is 6.66. The molecule has 0 aromatic heterocycles. The molecule has 0 aromatic carbocycles. The van der Waals surface area contributed by atoms with Gasteiger partial charge in [0.05, 0.1) is 25.9 Å². The highest BCUT2D eigenvalue weighted by molar-refractivity contribution is 4.93. The van der Waals surface area contributed by atoms with Crippen molar-refractivity contribution in [3.05, 3.63) is 0 Å². The minimum absolute atomic E-state index is 0.399. The van der Waals surface area contributed by atoms with Crippen molar-refractivity contribution in [1.29, 1.82) is 0 Å². The molecule has 0 aliphatic carbocycles. The Morgan fingerprint density at radius 1 is 0.852 bits per heavy atom. The van der Waals surface area contributed by atoms with Gasteiger partial charge in [-0.25, -0.2) is 0 Å². The smallest absolute Gasteiger partial charge is 0.187 e. The minimum atomic E-state index is -1.67. The van der Waals surface area contributed by atoms with Gasteiger partial charge in [0.15, 0.2) is 12.6 Å². The Morgan fingerprint density at radius 2 is 1.52 bits per heavy atom. The van der Waals surface area contributed by atoms with Crippen LogP contribution < -0.4 is 0 Å². The van der Waals surface area contributed by atoms with E-state index in [0.29, 0.717) is 0 Å². The fraction of sp³-hybridized carbons (Fsp3) is 1.00. The van der Waals surface area contributed by atoms with Crippen molar-refractivity contribution in [2.24, 2.45) is 0 Å². The van der Waals surface area contributed by atoms with Crippen LogP contribution in [0.4, 0.5) is 0 Å². The van der Waals surface area contributed by atoms with Crippen molar-refractivity contribution in [3.8, 4) is 0 Å². The molecule has 8 N–H and O–H groups in total. The first-order chi connectivity index (χ1) is 12.7. The highest BCUT2D eigenvalue weighted by Crippen LogP contribution is 2.29. The van der Waals surface area contributed by atoms with Crippen molar-refractivity contribution in [2.75, 3.05) is 19.8 Å². The number of aliphatic hydroxyl groups excluding tert-OH is 8. The molecule has 2 fully saturated rings. The van der Waals surface area contributed by atoms with Crippen LogP contribution in [-0.2, 0) is 18.9 Å². The lowest BCUT2D eigenvalue weighted by molar-refractivity contribution is -0.358. The zero-order valence-electron chi connectivity index (χ0n) is 14.7. The molecule has 12 heteroatoms. The van der Waals surface area contributed by atoms with Gasteiger partial charge in [0.2, 0.25) is 0 Å². The quantitative estimate of drug-likeness (QED) is 0.203. The predicted molar refractivity (Wildman–Crippen MR) is 84.0 cm³/mol. The number of hydrogen-bond donors (Lipinski definition) is 8. The predicted octanol–water partition coefficient (Wildman–Crippen LogP) is -4.99. The third-order valence-electron chi connectivity index (χ3n) is 4.59. The first-order valence-electron chi connectivity index (χ1n) is 8.59. The molecular weight excluding hydrogens is 372 g/mol. The summed E-state index contributed by atoms with van der Waals surface area (Å²) < 4.78 is 21.1. The Morgan fingerprint density at radius 3 is 2.11 bits per heavy atom. The fourth-order valence-electron chi connectivity index (χ4n) is 2.89. The van der Waals surface area contributed by atoms with Gasteiger partial charge in [-0.3, -0.25) is 0 Å². The van der Waals surface area contributed by atoms with Gasteiger partial charge < -0.3 is 59.8 Å². The topological polar surface area (TPSA) is 199 Å². The van der Waals surface area contributed by atoms with Crippen molar-refractivity contribution in [2.45, 2.75) is 74.4 Å². The van der Waals surface area contributed by atoms with E-state index in [-0.39, 0.29) is 0 Å². The van der Waals surface area contributed by atoms with Gasteiger partial charge in [-0.2, -0.15) is 0 Å². The SMILES string of the molecule is C[C@@H]1O[C@@H](O[C@@H]2[C@H](O)[C@@H](OC[C@@H](O)CO)O[C@H](CO)[C@H]2O)[C@H](O)[C@H](O)[C@H]1O. The Balaban J connectivity index is 2.09. The number of hydrogen-bond acceptors (Lipinski definition) is 12. The summed E-state index contributed by atoms with van der Waals surface area (Å²) in [7, 11) is 0. The molecule has 11 atom stereocenters. The molecule has 0 saturated carbocycles. The summed E-state index contributed by atoms with van der Waals surface area (Å²) in [6.07, 6.45) is -15.5. The van der Waals surface area contributed by atoms with Gasteiger partial charge in [0.25, 0.3) is 0 Å². The minimum Gasteiger partial charge on any atom is -0.394 e. The molecule has 2 rings (SSSR count). The van der Waals surface area contributed by atoms with E-state index in [1.165, 1.54) is 6.92 Å². The van der Waals surface area contributed by atoms with Crippen molar-refractivity contribution < 1.29 is 59.8 Å². The van der Waals surface area contributed by atoms with Crippen LogP contribution in [0, 0.1) is 0 Å². The Labute approximate surface area is 155 Å². The Hall–Kier alpha value is -0.480. The van der Waals surface area contributed by atoms with Crippen LogP contribution in [0.25, 0.3) is 0 Å². The van der Waals surface area contributed by atoms with Crippen LogP contribution >= 0.6 is 0 Å². The third kappa shape index (κ3) is 5.12. The normalized spacial score (nSPS) is 47.0. The Kier molecular flexibility index (Phi) is 8.30. The van der Waals surface area contributed by atoms with Gasteiger partial charge in [0.1, 0.15) is 48.8 Å². The maximum atomic E-state index is 10.4. The molecule has 2 aliphatic heterocycles. The molecule has 27 heavy (non-hydrogen) atoms. The molecular formula is C15H28O12. The van der Waals surface area contributed by atoms with Crippen LogP contribution in [0.15, 0.2) is 0 Å². The van der Waals surface area contributed by atoms with Gasteiger partial charge in [-0.15, -0.1) is 0 Å². The largest absolute Gasteiger partial charge is 0.394 e. The van der Waals surface area contributed by atoms with E-state index in [1.54, 1.807) is 0 Å². The first-order valence-corrected chi connectivity index (χ1v) is 8.59. The van der Waals surface area contributed by atoms with Crippen LogP contribution in [-0.4, -0.2) is 128 Å². The molecule has 0 radical (unpaired) electrons. The lowest BCUT2D eigenvalue weighted by Gasteiger charge is -2.45. The molecule has 160 valence electrons. The number of rotatable bonds is 7. The van der Waals surface area contributed by atoms with Gasteiger partial charge >= 0.3 is 0 Å². The highest BCUT2D eigenvalue weighted by atomic mass is 16.7. The lowest BCUT2D eigenvalue weighted by atomic mass is 9.97. The molecule has 12 nitrogen and oxygen atoms in total. The zero-order valence-corrected chi connectivity index (χ0v) is 14.7. The van der Waals surface area contributed by atoms with E-state index in [1.807, 2.05) is 0 Å². The zero-order chi connectivity index (χ0) is 20.3. The summed E-state index contributed by atoms with van der Waals surface area (Å²) in [6.45, 7) is -0.202. The highest BCUT2D eigenvalue weighted by Gasteiger charge is 2.50. The van der Waals surface area contributed by atoms with E-state index < -0.39 is 87.3 Å². The van der Waals surface area contributed by atoms with Crippen LogP contribution in [0.2, 0.25) is 0 Å². The molecule has 0 aromatic rings. The van der Waals surface area contributed by atoms with E-state index >= 15 is 0 Å². The average Bonchev–Trinajstić information content (AvgIpc) is 2.66. The maximum absolute atomic E-state index is 10.4. The number of ether oxygens (including phenoxy) is 4. The van der Waals surface area contributed by atoms with Gasteiger partial charge in [-0.1, -0.05) is 0 Å². The van der Waals surface area contributed by atoms with Crippen LogP contribution in [0.3, 0.4) is 0 Å². The Bertz CT molecular complexity index is 453. The van der Waals surface area contributed by atoms with Crippen molar-refractivity contribution in [1.82, 2.24) is 0 Å². The van der Waals surface area contributed by atoms with E-state index in [4.69, 9.17) is 24.1 Å².